The first-order valence-electron chi connectivity index (χ1n) is 7.85. The van der Waals surface area contributed by atoms with Gasteiger partial charge in [-0.15, -0.1) is 0 Å². The molecular weight excluding hydrogens is 396 g/mol. The normalized spacial score (nSPS) is 14.9. The van der Waals surface area contributed by atoms with Gasteiger partial charge in [-0.05, 0) is 42.9 Å². The molecule has 0 saturated carbocycles. The highest BCUT2D eigenvalue weighted by atomic mass is 35.5. The summed E-state index contributed by atoms with van der Waals surface area (Å²) in [7, 11) is 1.23. The molecule has 0 bridgehead atoms. The topological polar surface area (TPSA) is 94.2 Å². The molecule has 1 aliphatic heterocycles. The Morgan fingerprint density at radius 3 is 2.70 bits per heavy atom. The van der Waals surface area contributed by atoms with E-state index in [0.29, 0.717) is 11.3 Å². The molecule has 1 N–H and O–H groups in total. The number of methoxy groups -OCH3 is 1. The average molecular weight is 413 g/mol. The Kier molecular flexibility index (Phi) is 7.14. The van der Waals surface area contributed by atoms with Crippen LogP contribution in [0.3, 0.4) is 0 Å². The number of ether oxygens (including phenoxy) is 3. The number of nitrogens with one attached hydrogen (secondary N) is 1. The van der Waals surface area contributed by atoms with Gasteiger partial charge in [-0.1, -0.05) is 17.7 Å². The lowest BCUT2D eigenvalue weighted by Crippen LogP contribution is -2.35. The summed E-state index contributed by atoms with van der Waals surface area (Å²) >= 11 is 11.2. The first kappa shape index (κ1) is 20.7. The molecule has 0 atom stereocenters. The van der Waals surface area contributed by atoms with Crippen LogP contribution in [0, 0.1) is 0 Å². The van der Waals surface area contributed by atoms with Gasteiger partial charge in [-0.3, -0.25) is 14.5 Å². The first-order chi connectivity index (χ1) is 12.8. The standard InChI is InChI=1S/C17H17ClN2O6S/c1-3-25-15(22)9-26-13-5-4-10(6-11(13)18)7-12-16(23)20(17(27)19-12)8-14(21)24-2/h4-7H,3,8-9H2,1-2H3,(H,19,27)/b12-7-. The molecule has 2 rings (SSSR count). The summed E-state index contributed by atoms with van der Waals surface area (Å²) < 4.78 is 14.6. The third kappa shape index (κ3) is 5.41. The molecule has 1 saturated heterocycles. The average Bonchev–Trinajstić information content (AvgIpc) is 2.88. The van der Waals surface area contributed by atoms with Crippen molar-refractivity contribution in [2.24, 2.45) is 0 Å². The summed E-state index contributed by atoms with van der Waals surface area (Å²) in [5.74, 6) is -1.23. The third-order valence-electron chi connectivity index (χ3n) is 3.39. The predicted octanol–water partition coefficient (Wildman–Crippen LogP) is 1.51. The maximum atomic E-state index is 12.4. The van der Waals surface area contributed by atoms with Crippen molar-refractivity contribution < 1.29 is 28.6 Å². The highest BCUT2D eigenvalue weighted by Gasteiger charge is 2.32. The molecule has 0 aromatic heterocycles. The number of hydrogen-bond donors (Lipinski definition) is 1. The van der Waals surface area contributed by atoms with Gasteiger partial charge in [0, 0.05) is 0 Å². The summed E-state index contributed by atoms with van der Waals surface area (Å²) in [5.41, 5.74) is 0.794. The molecule has 0 radical (unpaired) electrons. The van der Waals surface area contributed by atoms with Gasteiger partial charge in [0.05, 0.1) is 18.7 Å². The van der Waals surface area contributed by atoms with Gasteiger partial charge < -0.3 is 19.5 Å². The monoisotopic (exact) mass is 412 g/mol. The van der Waals surface area contributed by atoms with Gasteiger partial charge in [0.15, 0.2) is 11.7 Å². The lowest BCUT2D eigenvalue weighted by molar-refractivity contribution is -0.145. The van der Waals surface area contributed by atoms with Gasteiger partial charge >= 0.3 is 11.9 Å². The zero-order valence-electron chi connectivity index (χ0n) is 14.6. The molecule has 0 spiro atoms. The summed E-state index contributed by atoms with van der Waals surface area (Å²) in [6, 6.07) is 4.79. The van der Waals surface area contributed by atoms with E-state index in [1.165, 1.54) is 13.2 Å². The van der Waals surface area contributed by atoms with Gasteiger partial charge in [0.2, 0.25) is 0 Å². The number of benzene rings is 1. The van der Waals surface area contributed by atoms with Crippen molar-refractivity contribution in [3.8, 4) is 5.75 Å². The van der Waals surface area contributed by atoms with Crippen LogP contribution in [0.1, 0.15) is 12.5 Å². The van der Waals surface area contributed by atoms with Crippen molar-refractivity contribution >= 4 is 52.9 Å². The van der Waals surface area contributed by atoms with Crippen LogP contribution in [0.4, 0.5) is 0 Å². The fourth-order valence-corrected chi connectivity index (χ4v) is 2.64. The fourth-order valence-electron chi connectivity index (χ4n) is 2.14. The summed E-state index contributed by atoms with van der Waals surface area (Å²) in [5, 5.41) is 3.11. The minimum atomic E-state index is -0.583. The molecule has 1 aromatic rings. The van der Waals surface area contributed by atoms with E-state index >= 15 is 0 Å². The summed E-state index contributed by atoms with van der Waals surface area (Å²) in [6.07, 6.45) is 1.53. The van der Waals surface area contributed by atoms with Crippen LogP contribution in [0.5, 0.6) is 5.75 Å². The minimum absolute atomic E-state index is 0.108. The van der Waals surface area contributed by atoms with E-state index in [1.54, 1.807) is 25.1 Å². The van der Waals surface area contributed by atoms with Crippen molar-refractivity contribution in [1.29, 1.82) is 0 Å². The van der Waals surface area contributed by atoms with Crippen LogP contribution in [-0.2, 0) is 23.9 Å². The number of carbonyl (C=O) groups excluding carboxylic acids is 3. The Labute approximate surface area is 166 Å². The summed E-state index contributed by atoms with van der Waals surface area (Å²) in [6.45, 7) is 1.42. The molecule has 1 aromatic carbocycles. The predicted molar refractivity (Wildman–Crippen MR) is 101 cm³/mol. The van der Waals surface area contributed by atoms with Crippen molar-refractivity contribution in [3.63, 3.8) is 0 Å². The van der Waals surface area contributed by atoms with Gasteiger partial charge in [-0.25, -0.2) is 4.79 Å². The van der Waals surface area contributed by atoms with E-state index in [2.05, 4.69) is 10.1 Å². The van der Waals surface area contributed by atoms with E-state index in [-0.39, 0.29) is 35.6 Å². The Balaban J connectivity index is 2.09. The fraction of sp³-hybridized carbons (Fsp3) is 0.294. The lowest BCUT2D eigenvalue weighted by Gasteiger charge is -2.11. The number of carbonyl (C=O) groups is 3. The maximum absolute atomic E-state index is 12.4. The molecule has 8 nitrogen and oxygen atoms in total. The second-order valence-corrected chi connectivity index (χ2v) is 6.03. The molecule has 0 unspecified atom stereocenters. The number of halogens is 1. The van der Waals surface area contributed by atoms with E-state index in [4.69, 9.17) is 33.3 Å². The molecule has 1 fully saturated rings. The van der Waals surface area contributed by atoms with Crippen molar-refractivity contribution in [2.75, 3.05) is 26.9 Å². The maximum Gasteiger partial charge on any atom is 0.344 e. The highest BCUT2D eigenvalue weighted by Crippen LogP contribution is 2.27. The van der Waals surface area contributed by atoms with E-state index in [1.807, 2.05) is 0 Å². The largest absolute Gasteiger partial charge is 0.480 e. The zero-order valence-corrected chi connectivity index (χ0v) is 16.2. The van der Waals surface area contributed by atoms with Crippen LogP contribution in [0.25, 0.3) is 6.08 Å². The van der Waals surface area contributed by atoms with Crippen LogP contribution in [-0.4, -0.2) is 54.7 Å². The van der Waals surface area contributed by atoms with Gasteiger partial charge in [0.1, 0.15) is 18.0 Å². The second kappa shape index (κ2) is 9.33. The quantitative estimate of drug-likeness (QED) is 0.409. The molecule has 10 heteroatoms. The van der Waals surface area contributed by atoms with Gasteiger partial charge in [-0.2, -0.15) is 0 Å². The van der Waals surface area contributed by atoms with Crippen LogP contribution in [0.2, 0.25) is 5.02 Å². The molecule has 1 amide bonds. The van der Waals surface area contributed by atoms with Gasteiger partial charge in [0.25, 0.3) is 5.91 Å². The number of rotatable bonds is 7. The molecule has 1 aliphatic rings. The van der Waals surface area contributed by atoms with E-state index in [0.717, 1.165) is 4.90 Å². The van der Waals surface area contributed by atoms with Crippen molar-refractivity contribution in [3.05, 3.63) is 34.5 Å². The van der Waals surface area contributed by atoms with E-state index < -0.39 is 17.8 Å². The first-order valence-corrected chi connectivity index (χ1v) is 8.63. The number of esters is 2. The van der Waals surface area contributed by atoms with Crippen LogP contribution < -0.4 is 10.1 Å². The number of thiocarbonyl (C=S) groups is 1. The Bertz CT molecular complexity index is 811. The molecular formula is C17H17ClN2O6S. The van der Waals surface area contributed by atoms with Crippen molar-refractivity contribution in [1.82, 2.24) is 10.2 Å². The molecule has 1 heterocycles. The molecule has 27 heavy (non-hydrogen) atoms. The number of hydrogen-bond acceptors (Lipinski definition) is 7. The second-order valence-electron chi connectivity index (χ2n) is 5.24. The van der Waals surface area contributed by atoms with Crippen LogP contribution >= 0.6 is 23.8 Å². The number of amides is 1. The smallest absolute Gasteiger partial charge is 0.344 e. The summed E-state index contributed by atoms with van der Waals surface area (Å²) in [4.78, 5) is 36.2. The lowest BCUT2D eigenvalue weighted by atomic mass is 10.2. The Morgan fingerprint density at radius 2 is 2.07 bits per heavy atom. The SMILES string of the molecule is CCOC(=O)COc1ccc(/C=C2\NC(=S)N(CC(=O)OC)C2=O)cc1Cl. The molecule has 144 valence electrons. The van der Waals surface area contributed by atoms with Crippen LogP contribution in [0.15, 0.2) is 23.9 Å². The third-order valence-corrected chi connectivity index (χ3v) is 4.01. The Hall–Kier alpha value is -2.65. The van der Waals surface area contributed by atoms with Crippen molar-refractivity contribution in [2.45, 2.75) is 6.92 Å². The van der Waals surface area contributed by atoms with E-state index in [9.17, 15) is 14.4 Å². The Morgan fingerprint density at radius 1 is 1.33 bits per heavy atom. The highest BCUT2D eigenvalue weighted by molar-refractivity contribution is 7.80. The zero-order chi connectivity index (χ0) is 20.0. The molecule has 0 aliphatic carbocycles. The number of nitrogens with zero attached hydrogens (tertiary/aromatic N) is 1. The minimum Gasteiger partial charge on any atom is -0.480 e.